The van der Waals surface area contributed by atoms with Crippen LogP contribution in [0.1, 0.15) is 17.5 Å². The summed E-state index contributed by atoms with van der Waals surface area (Å²) in [5.74, 6) is -1.94. The van der Waals surface area contributed by atoms with E-state index in [-0.39, 0.29) is 6.54 Å². The molecule has 0 heterocycles. The van der Waals surface area contributed by atoms with Gasteiger partial charge in [0.2, 0.25) is 0 Å². The van der Waals surface area contributed by atoms with Crippen LogP contribution in [0.15, 0.2) is 73.3 Å². The smallest absolute Gasteiger partial charge is 0.347 e. The third-order valence-corrected chi connectivity index (χ3v) is 3.95. The average molecular weight is 333 g/mol. The normalized spacial score (nSPS) is 11.8. The molecular formula is C19H18F3NO. The first-order valence-corrected chi connectivity index (χ1v) is 7.47. The first-order valence-electron chi connectivity index (χ1n) is 7.47. The number of benzene rings is 2. The monoisotopic (exact) mass is 333 g/mol. The molecule has 2 nitrogen and oxygen atoms in total. The largest absolute Gasteiger partial charge is 0.471 e. The second-order valence-corrected chi connectivity index (χ2v) is 5.49. The lowest BCUT2D eigenvalue weighted by Gasteiger charge is -2.34. The van der Waals surface area contributed by atoms with E-state index < -0.39 is 17.5 Å². The van der Waals surface area contributed by atoms with E-state index in [1.807, 2.05) is 66.0 Å². The van der Waals surface area contributed by atoms with Gasteiger partial charge >= 0.3 is 12.1 Å². The van der Waals surface area contributed by atoms with E-state index in [9.17, 15) is 18.0 Å². The maximum absolute atomic E-state index is 12.6. The van der Waals surface area contributed by atoms with Gasteiger partial charge < -0.3 is 5.32 Å². The zero-order valence-corrected chi connectivity index (χ0v) is 13.0. The molecule has 2 aromatic carbocycles. The van der Waals surface area contributed by atoms with Crippen LogP contribution in [0.4, 0.5) is 13.2 Å². The predicted octanol–water partition coefficient (Wildman–Crippen LogP) is 4.23. The lowest BCUT2D eigenvalue weighted by atomic mass is 9.72. The van der Waals surface area contributed by atoms with Gasteiger partial charge in [0.25, 0.3) is 0 Å². The third-order valence-electron chi connectivity index (χ3n) is 3.95. The van der Waals surface area contributed by atoms with Crippen LogP contribution in [0.2, 0.25) is 0 Å². The van der Waals surface area contributed by atoms with Crippen LogP contribution in [0.3, 0.4) is 0 Å². The molecule has 1 amide bonds. The van der Waals surface area contributed by atoms with E-state index in [1.165, 1.54) is 0 Å². The van der Waals surface area contributed by atoms with Gasteiger partial charge in [-0.1, -0.05) is 66.7 Å². The lowest BCUT2D eigenvalue weighted by molar-refractivity contribution is -0.173. The summed E-state index contributed by atoms with van der Waals surface area (Å²) >= 11 is 0. The number of amides is 1. The number of carbonyl (C=O) groups excluding carboxylic acids is 1. The predicted molar refractivity (Wildman–Crippen MR) is 87.5 cm³/mol. The summed E-state index contributed by atoms with van der Waals surface area (Å²) < 4.78 is 37.7. The topological polar surface area (TPSA) is 29.1 Å². The van der Waals surface area contributed by atoms with E-state index >= 15 is 0 Å². The molecule has 2 aromatic rings. The van der Waals surface area contributed by atoms with Gasteiger partial charge in [-0.3, -0.25) is 4.79 Å². The van der Waals surface area contributed by atoms with Crippen LogP contribution in [0, 0.1) is 0 Å². The van der Waals surface area contributed by atoms with Gasteiger partial charge in [0, 0.05) is 12.0 Å². The minimum atomic E-state index is -4.91. The van der Waals surface area contributed by atoms with Crippen molar-refractivity contribution in [1.29, 1.82) is 0 Å². The van der Waals surface area contributed by atoms with Crippen LogP contribution in [0.5, 0.6) is 0 Å². The Morgan fingerprint density at radius 3 is 1.79 bits per heavy atom. The van der Waals surface area contributed by atoms with Gasteiger partial charge in [0.15, 0.2) is 0 Å². The first kappa shape index (κ1) is 17.8. The SMILES string of the molecule is C=CCC(CNC(=O)C(F)(F)F)(c1ccccc1)c1ccccc1. The highest BCUT2D eigenvalue weighted by Crippen LogP contribution is 2.35. The number of alkyl halides is 3. The Kier molecular flexibility index (Phi) is 5.44. The van der Waals surface area contributed by atoms with Crippen LogP contribution < -0.4 is 5.32 Å². The number of rotatable bonds is 6. The molecule has 0 radical (unpaired) electrons. The zero-order chi connectivity index (χ0) is 17.6. The molecule has 0 aliphatic heterocycles. The van der Waals surface area contributed by atoms with Gasteiger partial charge in [-0.15, -0.1) is 6.58 Å². The molecule has 1 N–H and O–H groups in total. The fourth-order valence-electron chi connectivity index (χ4n) is 2.77. The Bertz CT molecular complexity index is 641. The quantitative estimate of drug-likeness (QED) is 0.788. The van der Waals surface area contributed by atoms with Crippen molar-refractivity contribution in [3.05, 3.63) is 84.4 Å². The molecule has 126 valence electrons. The first-order chi connectivity index (χ1) is 11.4. The van der Waals surface area contributed by atoms with Gasteiger partial charge in [-0.2, -0.15) is 13.2 Å². The number of carbonyl (C=O) groups is 1. The maximum atomic E-state index is 12.6. The number of nitrogens with one attached hydrogen (secondary N) is 1. The molecule has 24 heavy (non-hydrogen) atoms. The zero-order valence-electron chi connectivity index (χ0n) is 13.0. The fourth-order valence-corrected chi connectivity index (χ4v) is 2.77. The number of allylic oxidation sites excluding steroid dienone is 1. The Hall–Kier alpha value is -2.56. The lowest BCUT2D eigenvalue weighted by Crippen LogP contribution is -2.46. The molecule has 0 atom stereocenters. The van der Waals surface area contributed by atoms with E-state index in [2.05, 4.69) is 6.58 Å². The van der Waals surface area contributed by atoms with Crippen LogP contribution in [-0.4, -0.2) is 18.6 Å². The molecule has 5 heteroatoms. The molecule has 0 aliphatic carbocycles. The van der Waals surface area contributed by atoms with Gasteiger partial charge in [-0.25, -0.2) is 0 Å². The van der Waals surface area contributed by atoms with Crippen LogP contribution in [0.25, 0.3) is 0 Å². The molecule has 0 aromatic heterocycles. The van der Waals surface area contributed by atoms with E-state index in [1.54, 1.807) is 6.08 Å². The maximum Gasteiger partial charge on any atom is 0.471 e. The van der Waals surface area contributed by atoms with Gasteiger partial charge in [0.1, 0.15) is 0 Å². The molecule has 0 saturated carbocycles. The Morgan fingerprint density at radius 1 is 0.958 bits per heavy atom. The van der Waals surface area contributed by atoms with Gasteiger partial charge in [-0.05, 0) is 17.5 Å². The molecule has 2 rings (SSSR count). The summed E-state index contributed by atoms with van der Waals surface area (Å²) in [5.41, 5.74) is 0.822. The Morgan fingerprint density at radius 2 is 1.42 bits per heavy atom. The van der Waals surface area contributed by atoms with Crippen molar-refractivity contribution in [1.82, 2.24) is 5.32 Å². The minimum absolute atomic E-state index is 0.175. The molecular weight excluding hydrogens is 315 g/mol. The summed E-state index contributed by atoms with van der Waals surface area (Å²) in [6, 6.07) is 18.3. The summed E-state index contributed by atoms with van der Waals surface area (Å²) in [5, 5.41) is 2.03. The summed E-state index contributed by atoms with van der Waals surface area (Å²) in [6.07, 6.45) is -2.87. The van der Waals surface area contributed by atoms with E-state index in [0.29, 0.717) is 6.42 Å². The van der Waals surface area contributed by atoms with E-state index in [4.69, 9.17) is 0 Å². The van der Waals surface area contributed by atoms with Crippen molar-refractivity contribution in [2.75, 3.05) is 6.54 Å². The molecule has 0 aliphatic rings. The number of hydrogen-bond acceptors (Lipinski definition) is 1. The number of halogens is 3. The van der Waals surface area contributed by atoms with Crippen molar-refractivity contribution in [2.45, 2.75) is 18.0 Å². The highest BCUT2D eigenvalue weighted by molar-refractivity contribution is 5.81. The van der Waals surface area contributed by atoms with Crippen molar-refractivity contribution in [3.63, 3.8) is 0 Å². The highest BCUT2D eigenvalue weighted by atomic mass is 19.4. The summed E-state index contributed by atoms with van der Waals surface area (Å²) in [7, 11) is 0. The second-order valence-electron chi connectivity index (χ2n) is 5.49. The Balaban J connectivity index is 2.47. The van der Waals surface area contributed by atoms with E-state index in [0.717, 1.165) is 11.1 Å². The number of hydrogen-bond donors (Lipinski definition) is 1. The molecule has 0 fully saturated rings. The minimum Gasteiger partial charge on any atom is -0.347 e. The van der Waals surface area contributed by atoms with Crippen LogP contribution in [-0.2, 0) is 10.2 Å². The van der Waals surface area contributed by atoms with Gasteiger partial charge in [0.05, 0.1) is 0 Å². The highest BCUT2D eigenvalue weighted by Gasteiger charge is 2.41. The fraction of sp³-hybridized carbons (Fsp3) is 0.211. The molecule has 0 saturated heterocycles. The average Bonchev–Trinajstić information content (AvgIpc) is 2.59. The molecule has 0 bridgehead atoms. The van der Waals surface area contributed by atoms with Crippen LogP contribution >= 0.6 is 0 Å². The molecule has 0 spiro atoms. The van der Waals surface area contributed by atoms with Crippen molar-refractivity contribution in [2.24, 2.45) is 0 Å². The Labute approximate surface area is 139 Å². The second kappa shape index (κ2) is 7.34. The third kappa shape index (κ3) is 3.85. The summed E-state index contributed by atoms with van der Waals surface area (Å²) in [6.45, 7) is 3.56. The standard InChI is InChI=1S/C19H18F3NO/c1-2-13-18(15-9-5-3-6-10-15,16-11-7-4-8-12-16)14-23-17(24)19(20,21)22/h2-12H,1,13-14H2,(H,23,24). The van der Waals surface area contributed by atoms with Crippen molar-refractivity contribution in [3.8, 4) is 0 Å². The van der Waals surface area contributed by atoms with Crippen molar-refractivity contribution >= 4 is 5.91 Å². The molecule has 0 unspecified atom stereocenters. The summed E-state index contributed by atoms with van der Waals surface area (Å²) in [4.78, 5) is 11.3. The van der Waals surface area contributed by atoms with Crippen molar-refractivity contribution < 1.29 is 18.0 Å².